The number of nitro benzene ring substituents is 1. The number of benzene rings is 1. The minimum atomic E-state index is -4.02. The van der Waals surface area contributed by atoms with Gasteiger partial charge in [0.1, 0.15) is 0 Å². The third-order valence-corrected chi connectivity index (χ3v) is 8.11. The van der Waals surface area contributed by atoms with E-state index in [1.807, 2.05) is 27.7 Å². The highest BCUT2D eigenvalue weighted by Crippen LogP contribution is 2.70. The number of dihydropyridines is 1. The van der Waals surface area contributed by atoms with Gasteiger partial charge in [0.05, 0.1) is 40.0 Å². The van der Waals surface area contributed by atoms with Crippen molar-refractivity contribution in [2.45, 2.75) is 65.1 Å². The highest BCUT2D eigenvalue weighted by molar-refractivity contribution is 7.58. The number of hydrogen-bond acceptors (Lipinski definition) is 8. The van der Waals surface area contributed by atoms with Crippen LogP contribution in [-0.4, -0.2) is 29.2 Å². The Labute approximate surface area is 187 Å². The van der Waals surface area contributed by atoms with E-state index >= 15 is 0 Å². The molecule has 2 heterocycles. The second kappa shape index (κ2) is 8.14. The highest BCUT2D eigenvalue weighted by atomic mass is 31.2. The SMILES string of the molecule is COC(=O)C1=C(C)NC(C)=C(P2(=O)OC(C)(C)CC(C)(C)O2)C1c1ccccc1[N+](=O)[O-]. The van der Waals surface area contributed by atoms with Crippen molar-refractivity contribution in [1.82, 2.24) is 5.32 Å². The number of rotatable bonds is 4. The molecule has 2 aliphatic rings. The second-order valence-corrected chi connectivity index (χ2v) is 11.1. The van der Waals surface area contributed by atoms with Gasteiger partial charge in [0.15, 0.2) is 0 Å². The van der Waals surface area contributed by atoms with Gasteiger partial charge in [-0.15, -0.1) is 0 Å². The molecule has 1 atom stereocenters. The predicted molar refractivity (Wildman–Crippen MR) is 119 cm³/mol. The first-order valence-electron chi connectivity index (χ1n) is 10.2. The number of methoxy groups -OCH3 is 1. The minimum absolute atomic E-state index is 0.117. The minimum Gasteiger partial charge on any atom is -0.466 e. The van der Waals surface area contributed by atoms with E-state index < -0.39 is 35.6 Å². The summed E-state index contributed by atoms with van der Waals surface area (Å²) in [5.41, 5.74) is -0.569. The third kappa shape index (κ3) is 4.37. The van der Waals surface area contributed by atoms with Crippen LogP contribution >= 0.6 is 7.60 Å². The molecule has 1 saturated heterocycles. The zero-order valence-corrected chi connectivity index (χ0v) is 20.2. The first kappa shape index (κ1) is 24.2. The van der Waals surface area contributed by atoms with Gasteiger partial charge >= 0.3 is 13.6 Å². The average molecular weight is 464 g/mol. The van der Waals surface area contributed by atoms with Gasteiger partial charge in [-0.25, -0.2) is 4.79 Å². The zero-order chi connectivity index (χ0) is 24.1. The summed E-state index contributed by atoms with van der Waals surface area (Å²) in [5.74, 6) is -1.74. The Bertz CT molecular complexity index is 1070. The Morgan fingerprint density at radius 1 is 1.16 bits per heavy atom. The van der Waals surface area contributed by atoms with Crippen molar-refractivity contribution in [3.63, 3.8) is 0 Å². The third-order valence-electron chi connectivity index (χ3n) is 5.46. The number of carbonyl (C=O) groups excluding carboxylic acids is 1. The van der Waals surface area contributed by atoms with Gasteiger partial charge in [0.25, 0.3) is 5.69 Å². The summed E-state index contributed by atoms with van der Waals surface area (Å²) in [6.45, 7) is 10.6. The summed E-state index contributed by atoms with van der Waals surface area (Å²) in [4.78, 5) is 24.2. The summed E-state index contributed by atoms with van der Waals surface area (Å²) in [6, 6.07) is 6.06. The van der Waals surface area contributed by atoms with E-state index in [0.29, 0.717) is 17.8 Å². The Morgan fingerprint density at radius 3 is 2.25 bits per heavy atom. The van der Waals surface area contributed by atoms with Crippen molar-refractivity contribution in [3.8, 4) is 0 Å². The van der Waals surface area contributed by atoms with Crippen LogP contribution in [0.1, 0.15) is 59.4 Å². The maximum atomic E-state index is 14.4. The molecule has 10 heteroatoms. The largest absolute Gasteiger partial charge is 0.466 e. The van der Waals surface area contributed by atoms with Crippen LogP contribution in [0.5, 0.6) is 0 Å². The van der Waals surface area contributed by atoms with Gasteiger partial charge in [0.2, 0.25) is 0 Å². The van der Waals surface area contributed by atoms with E-state index in [1.165, 1.54) is 19.2 Å². The van der Waals surface area contributed by atoms with Crippen LogP contribution in [0, 0.1) is 10.1 Å². The van der Waals surface area contributed by atoms with Crippen LogP contribution < -0.4 is 5.32 Å². The van der Waals surface area contributed by atoms with E-state index in [4.69, 9.17) is 13.8 Å². The average Bonchev–Trinajstić information content (AvgIpc) is 2.63. The van der Waals surface area contributed by atoms with E-state index in [0.717, 1.165) is 0 Å². The van der Waals surface area contributed by atoms with Crippen LogP contribution in [0.15, 0.2) is 46.5 Å². The summed E-state index contributed by atoms with van der Waals surface area (Å²) in [7, 11) is -2.79. The van der Waals surface area contributed by atoms with Crippen molar-refractivity contribution >= 4 is 19.3 Å². The van der Waals surface area contributed by atoms with Crippen LogP contribution in [0.2, 0.25) is 0 Å². The van der Waals surface area contributed by atoms with E-state index in [2.05, 4.69) is 5.32 Å². The molecule has 3 rings (SSSR count). The van der Waals surface area contributed by atoms with Crippen LogP contribution in [0.4, 0.5) is 5.69 Å². The molecule has 32 heavy (non-hydrogen) atoms. The van der Waals surface area contributed by atoms with Crippen LogP contribution in [-0.2, 0) is 23.1 Å². The first-order valence-corrected chi connectivity index (χ1v) is 11.8. The fourth-order valence-electron chi connectivity index (χ4n) is 4.78. The molecule has 0 radical (unpaired) electrons. The van der Waals surface area contributed by atoms with Crippen LogP contribution in [0.25, 0.3) is 0 Å². The zero-order valence-electron chi connectivity index (χ0n) is 19.3. The molecule has 174 valence electrons. The molecule has 0 amide bonds. The number of nitro groups is 1. The lowest BCUT2D eigenvalue weighted by Gasteiger charge is -2.46. The maximum Gasteiger partial charge on any atom is 0.361 e. The molecule has 1 unspecified atom stereocenters. The Morgan fingerprint density at radius 2 is 1.72 bits per heavy atom. The quantitative estimate of drug-likeness (QED) is 0.281. The summed E-state index contributed by atoms with van der Waals surface area (Å²) < 4.78 is 31.5. The van der Waals surface area contributed by atoms with Crippen molar-refractivity contribution < 1.29 is 28.1 Å². The van der Waals surface area contributed by atoms with E-state index in [1.54, 1.807) is 26.0 Å². The number of esters is 1. The molecule has 9 nitrogen and oxygen atoms in total. The fourth-order valence-corrected chi connectivity index (χ4v) is 7.50. The van der Waals surface area contributed by atoms with Crippen LogP contribution in [0.3, 0.4) is 0 Å². The molecule has 0 bridgehead atoms. The molecule has 2 aliphatic heterocycles. The number of allylic oxidation sites excluding steroid dienone is 3. The van der Waals surface area contributed by atoms with Gasteiger partial charge in [-0.3, -0.25) is 23.7 Å². The molecule has 1 aromatic rings. The van der Waals surface area contributed by atoms with Gasteiger partial charge in [-0.1, -0.05) is 18.2 Å². The summed E-state index contributed by atoms with van der Waals surface area (Å²) in [6.07, 6.45) is 0.485. The predicted octanol–water partition coefficient (Wildman–Crippen LogP) is 5.15. The Kier molecular flexibility index (Phi) is 6.15. The number of ether oxygens (including phenoxy) is 1. The molecule has 0 aromatic heterocycles. The van der Waals surface area contributed by atoms with Crippen molar-refractivity contribution in [2.75, 3.05) is 7.11 Å². The number of carbonyl (C=O) groups is 1. The second-order valence-electron chi connectivity index (χ2n) is 9.29. The smallest absolute Gasteiger partial charge is 0.361 e. The van der Waals surface area contributed by atoms with Gasteiger partial charge in [-0.2, -0.15) is 0 Å². The highest BCUT2D eigenvalue weighted by Gasteiger charge is 2.54. The molecular weight excluding hydrogens is 435 g/mol. The first-order chi connectivity index (χ1) is 14.7. The lowest BCUT2D eigenvalue weighted by atomic mass is 9.85. The molecular formula is C22H29N2O7P. The standard InChI is InChI=1S/C22H29N2O7P/c1-13-17(20(25)29-7)18(15-10-8-9-11-16(15)24(26)27)19(14(2)23-13)32(28)30-21(3,4)12-22(5,6)31-32/h8-11,18,23H,12H2,1-7H3. The Hall–Kier alpha value is -2.48. The molecule has 0 aliphatic carbocycles. The lowest BCUT2D eigenvalue weighted by molar-refractivity contribution is -0.385. The van der Waals surface area contributed by atoms with Gasteiger partial charge in [-0.05, 0) is 41.5 Å². The molecule has 0 saturated carbocycles. The number of nitrogens with zero attached hydrogens (tertiary/aromatic N) is 1. The van der Waals surface area contributed by atoms with E-state index in [-0.39, 0.29) is 22.1 Å². The lowest BCUT2D eigenvalue weighted by Crippen LogP contribution is -2.43. The molecule has 0 spiro atoms. The van der Waals surface area contributed by atoms with E-state index in [9.17, 15) is 19.5 Å². The van der Waals surface area contributed by atoms with Gasteiger partial charge in [0, 0.05) is 29.4 Å². The molecule has 1 aromatic carbocycles. The maximum absolute atomic E-state index is 14.4. The van der Waals surface area contributed by atoms with Crippen molar-refractivity contribution in [2.24, 2.45) is 0 Å². The number of nitrogens with one attached hydrogen (secondary N) is 1. The summed E-state index contributed by atoms with van der Waals surface area (Å²) >= 11 is 0. The van der Waals surface area contributed by atoms with Gasteiger partial charge < -0.3 is 10.1 Å². The summed E-state index contributed by atoms with van der Waals surface area (Å²) in [5, 5.41) is 15.1. The molecule has 1 fully saturated rings. The monoisotopic (exact) mass is 464 g/mol. The number of hydrogen-bond donors (Lipinski definition) is 1. The van der Waals surface area contributed by atoms with Crippen molar-refractivity contribution in [1.29, 1.82) is 0 Å². The Balaban J connectivity index is 2.33. The van der Waals surface area contributed by atoms with Crippen molar-refractivity contribution in [3.05, 3.63) is 62.2 Å². The molecule has 1 N–H and O–H groups in total. The number of para-hydroxylation sites is 1. The topological polar surface area (TPSA) is 117 Å². The normalized spacial score (nSPS) is 24.0. The fraction of sp³-hybridized carbons (Fsp3) is 0.500.